The zero-order chi connectivity index (χ0) is 15.4. The van der Waals surface area contributed by atoms with Crippen LogP contribution in [0.5, 0.6) is 0 Å². The molecule has 0 aliphatic rings. The van der Waals surface area contributed by atoms with Crippen molar-refractivity contribution in [2.45, 2.75) is 52.6 Å². The number of ether oxygens (including phenoxy) is 1. The fourth-order valence-electron chi connectivity index (χ4n) is 1.35. The number of hydrogen-bond acceptors (Lipinski definition) is 4. The lowest BCUT2D eigenvalue weighted by Gasteiger charge is -2.25. The van der Waals surface area contributed by atoms with E-state index in [-0.39, 0.29) is 5.97 Å². The zero-order valence-electron chi connectivity index (χ0n) is 12.9. The van der Waals surface area contributed by atoms with Crippen molar-refractivity contribution in [2.75, 3.05) is 0 Å². The van der Waals surface area contributed by atoms with E-state index in [1.807, 2.05) is 12.3 Å². The Morgan fingerprint density at radius 3 is 2.55 bits per heavy atom. The monoisotopic (exact) mass is 295 g/mol. The Bertz CT molecular complexity index is 391. The molecule has 0 spiro atoms. The van der Waals surface area contributed by atoms with Crippen LogP contribution in [0.15, 0.2) is 41.4 Å². The molecule has 20 heavy (non-hydrogen) atoms. The molecule has 0 saturated heterocycles. The fourth-order valence-corrected chi connectivity index (χ4v) is 1.70. The summed E-state index contributed by atoms with van der Waals surface area (Å²) in [6.45, 7) is 11.5. The smallest absolute Gasteiger partial charge is 0.306 e. The highest BCUT2D eigenvalue weighted by molar-refractivity contribution is 7.07. The highest BCUT2D eigenvalue weighted by Gasteiger charge is 2.23. The first-order valence-corrected chi connectivity index (χ1v) is 7.68. The van der Waals surface area contributed by atoms with Crippen molar-refractivity contribution in [2.24, 2.45) is 0 Å². The summed E-state index contributed by atoms with van der Waals surface area (Å²) in [7, 11) is 0. The molecule has 0 fully saturated rings. The largest absolute Gasteiger partial charge is 0.455 e. The molecule has 0 saturated carbocycles. The number of nitrogens with zero attached hydrogens (tertiary/aromatic N) is 1. The SMILES string of the molecule is C=CC(C)(CCC=C(C)C)OC(=O)CC.c1cscn1. The Morgan fingerprint density at radius 2 is 2.20 bits per heavy atom. The predicted molar refractivity (Wildman–Crippen MR) is 85.8 cm³/mol. The number of rotatable bonds is 6. The Morgan fingerprint density at radius 1 is 1.50 bits per heavy atom. The molecular weight excluding hydrogens is 270 g/mol. The van der Waals surface area contributed by atoms with Crippen LogP contribution in [0, 0.1) is 0 Å². The highest BCUT2D eigenvalue weighted by atomic mass is 32.1. The van der Waals surface area contributed by atoms with E-state index in [2.05, 4.69) is 31.5 Å². The standard InChI is InChI=1S/C13H22O2.C3H3NS/c1-6-12(14)15-13(5,7-2)10-8-9-11(3)4;1-2-5-3-4-1/h7,9H,2,6,8,10H2,1,3-5H3;1-3H. The number of hydrogen-bond donors (Lipinski definition) is 0. The van der Waals surface area contributed by atoms with Gasteiger partial charge in [0, 0.05) is 18.0 Å². The molecule has 0 N–H and O–H groups in total. The number of carbonyl (C=O) groups excluding carboxylic acids is 1. The van der Waals surface area contributed by atoms with Crippen LogP contribution >= 0.6 is 11.3 Å². The highest BCUT2D eigenvalue weighted by Crippen LogP contribution is 2.20. The second-order valence-corrected chi connectivity index (χ2v) is 5.60. The Hall–Kier alpha value is -1.42. The number of allylic oxidation sites excluding steroid dienone is 2. The van der Waals surface area contributed by atoms with Gasteiger partial charge in [-0.3, -0.25) is 9.78 Å². The normalized spacial score (nSPS) is 12.4. The molecule has 0 aliphatic heterocycles. The third kappa shape index (κ3) is 9.50. The van der Waals surface area contributed by atoms with Gasteiger partial charge in [0.05, 0.1) is 5.51 Å². The van der Waals surface area contributed by atoms with Gasteiger partial charge in [0.1, 0.15) is 5.60 Å². The van der Waals surface area contributed by atoms with Crippen molar-refractivity contribution in [3.05, 3.63) is 41.4 Å². The van der Waals surface area contributed by atoms with E-state index < -0.39 is 5.60 Å². The lowest BCUT2D eigenvalue weighted by atomic mass is 9.99. The van der Waals surface area contributed by atoms with E-state index in [1.165, 1.54) is 5.57 Å². The van der Waals surface area contributed by atoms with Gasteiger partial charge in [-0.25, -0.2) is 0 Å². The molecular formula is C16H25NO2S. The van der Waals surface area contributed by atoms with Crippen molar-refractivity contribution < 1.29 is 9.53 Å². The van der Waals surface area contributed by atoms with Crippen LogP contribution < -0.4 is 0 Å². The fraction of sp³-hybridized carbons (Fsp3) is 0.500. The Kier molecular flexibility index (Phi) is 9.64. The third-order valence-electron chi connectivity index (χ3n) is 2.61. The summed E-state index contributed by atoms with van der Waals surface area (Å²) < 4.78 is 5.33. The molecule has 0 bridgehead atoms. The van der Waals surface area contributed by atoms with Gasteiger partial charge in [-0.05, 0) is 39.7 Å². The van der Waals surface area contributed by atoms with Gasteiger partial charge in [-0.15, -0.1) is 11.3 Å². The average Bonchev–Trinajstić information content (AvgIpc) is 2.97. The maximum Gasteiger partial charge on any atom is 0.306 e. The molecule has 1 heterocycles. The van der Waals surface area contributed by atoms with Gasteiger partial charge in [0.15, 0.2) is 0 Å². The number of esters is 1. The zero-order valence-corrected chi connectivity index (χ0v) is 13.7. The summed E-state index contributed by atoms with van der Waals surface area (Å²) in [5.41, 5.74) is 2.54. The van der Waals surface area contributed by atoms with E-state index in [1.54, 1.807) is 36.0 Å². The first-order chi connectivity index (χ1) is 9.43. The second kappa shape index (κ2) is 10.4. The maximum absolute atomic E-state index is 11.2. The van der Waals surface area contributed by atoms with Crippen LogP contribution in [0.3, 0.4) is 0 Å². The predicted octanol–water partition coefficient (Wildman–Crippen LogP) is 4.77. The topological polar surface area (TPSA) is 39.2 Å². The van der Waals surface area contributed by atoms with Crippen molar-refractivity contribution in [1.29, 1.82) is 0 Å². The van der Waals surface area contributed by atoms with Crippen LogP contribution in [-0.2, 0) is 9.53 Å². The molecule has 0 aliphatic carbocycles. The van der Waals surface area contributed by atoms with Crippen LogP contribution in [-0.4, -0.2) is 16.6 Å². The van der Waals surface area contributed by atoms with E-state index in [0.29, 0.717) is 6.42 Å². The Labute approximate surface area is 126 Å². The molecule has 1 unspecified atom stereocenters. The maximum atomic E-state index is 11.2. The minimum Gasteiger partial charge on any atom is -0.455 e. The van der Waals surface area contributed by atoms with Crippen molar-refractivity contribution in [1.82, 2.24) is 4.98 Å². The van der Waals surface area contributed by atoms with Crippen LogP contribution in [0.2, 0.25) is 0 Å². The first kappa shape index (κ1) is 18.6. The van der Waals surface area contributed by atoms with Crippen molar-refractivity contribution >= 4 is 17.3 Å². The quantitative estimate of drug-likeness (QED) is 0.560. The number of aromatic nitrogens is 1. The summed E-state index contributed by atoms with van der Waals surface area (Å²) in [5, 5.41) is 1.93. The lowest BCUT2D eigenvalue weighted by molar-refractivity contribution is -0.153. The minimum atomic E-state index is -0.529. The van der Waals surface area contributed by atoms with Gasteiger partial charge in [0.2, 0.25) is 0 Å². The number of thiazole rings is 1. The molecule has 0 radical (unpaired) electrons. The molecule has 1 aromatic rings. The average molecular weight is 295 g/mol. The van der Waals surface area contributed by atoms with Gasteiger partial charge >= 0.3 is 5.97 Å². The summed E-state index contributed by atoms with van der Waals surface area (Å²) in [4.78, 5) is 14.9. The van der Waals surface area contributed by atoms with E-state index in [9.17, 15) is 4.79 Å². The molecule has 1 rings (SSSR count). The van der Waals surface area contributed by atoms with Gasteiger partial charge in [-0.2, -0.15) is 0 Å². The second-order valence-electron chi connectivity index (χ2n) is 4.84. The molecule has 0 amide bonds. The third-order valence-corrected chi connectivity index (χ3v) is 3.13. The summed E-state index contributed by atoms with van der Waals surface area (Å²) in [6.07, 6.45) is 7.72. The molecule has 0 aromatic carbocycles. The van der Waals surface area contributed by atoms with Gasteiger partial charge in [0.25, 0.3) is 0 Å². The van der Waals surface area contributed by atoms with Crippen molar-refractivity contribution in [3.63, 3.8) is 0 Å². The summed E-state index contributed by atoms with van der Waals surface area (Å²) in [6, 6.07) is 0. The first-order valence-electron chi connectivity index (χ1n) is 6.74. The molecule has 1 atom stereocenters. The molecule has 112 valence electrons. The van der Waals surface area contributed by atoms with Gasteiger partial charge < -0.3 is 4.74 Å². The summed E-state index contributed by atoms with van der Waals surface area (Å²) in [5.74, 6) is -0.172. The van der Waals surface area contributed by atoms with Crippen molar-refractivity contribution in [3.8, 4) is 0 Å². The Balaban J connectivity index is 0.000000595. The summed E-state index contributed by atoms with van der Waals surface area (Å²) >= 11 is 1.60. The number of carbonyl (C=O) groups is 1. The molecule has 1 aromatic heterocycles. The van der Waals surface area contributed by atoms with Crippen LogP contribution in [0.1, 0.15) is 47.0 Å². The van der Waals surface area contributed by atoms with Crippen LogP contribution in [0.25, 0.3) is 0 Å². The minimum absolute atomic E-state index is 0.172. The van der Waals surface area contributed by atoms with E-state index >= 15 is 0 Å². The molecule has 4 heteroatoms. The molecule has 3 nitrogen and oxygen atoms in total. The van der Waals surface area contributed by atoms with E-state index in [4.69, 9.17) is 4.74 Å². The van der Waals surface area contributed by atoms with Crippen LogP contribution in [0.4, 0.5) is 0 Å². The van der Waals surface area contributed by atoms with Gasteiger partial charge in [-0.1, -0.05) is 25.2 Å². The lowest BCUT2D eigenvalue weighted by Crippen LogP contribution is -2.28. The van der Waals surface area contributed by atoms with E-state index in [0.717, 1.165) is 12.8 Å².